The Hall–Kier alpha value is -0.0400. The summed E-state index contributed by atoms with van der Waals surface area (Å²) >= 11 is 0. The molecule has 0 unspecified atom stereocenters. The summed E-state index contributed by atoms with van der Waals surface area (Å²) in [7, 11) is 0. The van der Waals surface area contributed by atoms with Gasteiger partial charge in [0, 0.05) is 0 Å². The summed E-state index contributed by atoms with van der Waals surface area (Å²) in [4.78, 5) is 0. The Labute approximate surface area is 71.4 Å². The van der Waals surface area contributed by atoms with Gasteiger partial charge in [0.2, 0.25) is 0 Å². The topological polar surface area (TPSA) is 26.0 Å². The van der Waals surface area contributed by atoms with E-state index >= 15 is 0 Å². The van der Waals surface area contributed by atoms with Gasteiger partial charge in [-0.05, 0) is 18.9 Å². The molecule has 0 radical (unpaired) electrons. The first-order chi connectivity index (χ1) is 5.31. The first-order valence-electron chi connectivity index (χ1n) is 5.01. The maximum Gasteiger partial charge on any atom is -0.00747 e. The zero-order valence-electron chi connectivity index (χ0n) is 8.10. The van der Waals surface area contributed by atoms with Gasteiger partial charge in [-0.25, -0.2) is 0 Å². The molecule has 0 heterocycles. The highest BCUT2D eigenvalue weighted by atomic mass is 14.5. The van der Waals surface area contributed by atoms with Crippen molar-refractivity contribution in [3.8, 4) is 0 Å². The van der Waals surface area contributed by atoms with Crippen molar-refractivity contribution in [3.05, 3.63) is 0 Å². The molecule has 0 bridgehead atoms. The summed E-state index contributed by atoms with van der Waals surface area (Å²) in [6.07, 6.45) is 8.12. The third-order valence-electron chi connectivity index (χ3n) is 2.21. The molecule has 0 amide bonds. The molecule has 68 valence electrons. The highest BCUT2D eigenvalue weighted by Crippen LogP contribution is 2.12. The van der Waals surface area contributed by atoms with Crippen LogP contribution in [0.25, 0.3) is 0 Å². The number of nitrogens with two attached hydrogens (primary N) is 1. The standard InChI is InChI=1S/C10H23N/c1-3-4-5-6-7-10(2)8-9-11/h10H,3-9,11H2,1-2H3/t10-/m1/s1. The number of rotatable bonds is 7. The van der Waals surface area contributed by atoms with Crippen LogP contribution in [-0.4, -0.2) is 6.54 Å². The Balaban J connectivity index is 2.97. The predicted molar refractivity (Wildman–Crippen MR) is 51.6 cm³/mol. The summed E-state index contributed by atoms with van der Waals surface area (Å²) in [5, 5.41) is 0. The molecule has 0 aliphatic rings. The van der Waals surface area contributed by atoms with Crippen LogP contribution in [0.5, 0.6) is 0 Å². The lowest BCUT2D eigenvalue weighted by Crippen LogP contribution is -2.05. The normalized spacial score (nSPS) is 13.4. The van der Waals surface area contributed by atoms with Crippen LogP contribution in [0, 0.1) is 5.92 Å². The zero-order valence-corrected chi connectivity index (χ0v) is 8.10. The van der Waals surface area contributed by atoms with Crippen molar-refractivity contribution in [2.24, 2.45) is 11.7 Å². The van der Waals surface area contributed by atoms with Gasteiger partial charge in [-0.2, -0.15) is 0 Å². The van der Waals surface area contributed by atoms with Crippen LogP contribution in [0.2, 0.25) is 0 Å². The van der Waals surface area contributed by atoms with Crippen LogP contribution >= 0.6 is 0 Å². The van der Waals surface area contributed by atoms with Crippen molar-refractivity contribution in [2.75, 3.05) is 6.54 Å². The molecule has 1 heteroatoms. The summed E-state index contributed by atoms with van der Waals surface area (Å²) in [5.74, 6) is 0.844. The fourth-order valence-electron chi connectivity index (χ4n) is 1.35. The molecule has 0 aromatic rings. The van der Waals surface area contributed by atoms with E-state index in [4.69, 9.17) is 5.73 Å². The van der Waals surface area contributed by atoms with Gasteiger partial charge in [0.1, 0.15) is 0 Å². The number of hydrogen-bond acceptors (Lipinski definition) is 1. The van der Waals surface area contributed by atoms with E-state index in [2.05, 4.69) is 13.8 Å². The van der Waals surface area contributed by atoms with Gasteiger partial charge in [0.05, 0.1) is 0 Å². The van der Waals surface area contributed by atoms with E-state index in [0.717, 1.165) is 12.5 Å². The molecule has 11 heavy (non-hydrogen) atoms. The zero-order chi connectivity index (χ0) is 8.53. The van der Waals surface area contributed by atoms with Gasteiger partial charge in [-0.3, -0.25) is 0 Å². The maximum absolute atomic E-state index is 5.46. The highest BCUT2D eigenvalue weighted by molar-refractivity contribution is 4.53. The summed E-state index contributed by atoms with van der Waals surface area (Å²) in [6, 6.07) is 0. The Bertz CT molecular complexity index is 71.3. The van der Waals surface area contributed by atoms with Gasteiger partial charge in [-0.1, -0.05) is 46.0 Å². The van der Waals surface area contributed by atoms with Crippen molar-refractivity contribution in [1.82, 2.24) is 0 Å². The second kappa shape index (κ2) is 8.06. The van der Waals surface area contributed by atoms with E-state index in [1.165, 1.54) is 38.5 Å². The minimum atomic E-state index is 0.844. The first-order valence-corrected chi connectivity index (χ1v) is 5.01. The van der Waals surface area contributed by atoms with E-state index in [-0.39, 0.29) is 0 Å². The molecule has 0 aromatic carbocycles. The van der Waals surface area contributed by atoms with E-state index in [1.807, 2.05) is 0 Å². The van der Waals surface area contributed by atoms with Gasteiger partial charge in [0.15, 0.2) is 0 Å². The van der Waals surface area contributed by atoms with Crippen molar-refractivity contribution >= 4 is 0 Å². The maximum atomic E-state index is 5.46. The van der Waals surface area contributed by atoms with Gasteiger partial charge in [-0.15, -0.1) is 0 Å². The minimum absolute atomic E-state index is 0.844. The Morgan fingerprint density at radius 2 is 1.82 bits per heavy atom. The number of unbranched alkanes of at least 4 members (excludes halogenated alkanes) is 3. The lowest BCUT2D eigenvalue weighted by atomic mass is 10.00. The van der Waals surface area contributed by atoms with E-state index in [9.17, 15) is 0 Å². The van der Waals surface area contributed by atoms with Gasteiger partial charge < -0.3 is 5.73 Å². The van der Waals surface area contributed by atoms with Gasteiger partial charge >= 0.3 is 0 Å². The largest absolute Gasteiger partial charge is 0.330 e. The molecule has 0 fully saturated rings. The summed E-state index contributed by atoms with van der Waals surface area (Å²) < 4.78 is 0. The quantitative estimate of drug-likeness (QED) is 0.565. The highest BCUT2D eigenvalue weighted by Gasteiger charge is 1.98. The Morgan fingerprint density at radius 1 is 1.09 bits per heavy atom. The molecule has 1 atom stereocenters. The Kier molecular flexibility index (Phi) is 8.03. The van der Waals surface area contributed by atoms with Crippen LogP contribution in [0.15, 0.2) is 0 Å². The van der Waals surface area contributed by atoms with Crippen molar-refractivity contribution < 1.29 is 0 Å². The fourth-order valence-corrected chi connectivity index (χ4v) is 1.35. The Morgan fingerprint density at radius 3 is 2.36 bits per heavy atom. The third-order valence-corrected chi connectivity index (χ3v) is 2.21. The molecule has 2 N–H and O–H groups in total. The molecule has 0 aliphatic heterocycles. The molecule has 0 spiro atoms. The molecular weight excluding hydrogens is 134 g/mol. The van der Waals surface area contributed by atoms with E-state index < -0.39 is 0 Å². The molecule has 0 rings (SSSR count). The lowest BCUT2D eigenvalue weighted by Gasteiger charge is -2.08. The predicted octanol–water partition coefficient (Wildman–Crippen LogP) is 2.94. The third kappa shape index (κ3) is 7.86. The minimum Gasteiger partial charge on any atom is -0.330 e. The fraction of sp³-hybridized carbons (Fsp3) is 1.00. The van der Waals surface area contributed by atoms with Crippen LogP contribution in [0.3, 0.4) is 0 Å². The molecule has 0 saturated carbocycles. The van der Waals surface area contributed by atoms with Crippen LogP contribution in [0.1, 0.15) is 52.4 Å². The van der Waals surface area contributed by atoms with Crippen LogP contribution in [-0.2, 0) is 0 Å². The SMILES string of the molecule is CCCCCC[C@@H](C)CCN. The number of hydrogen-bond donors (Lipinski definition) is 1. The smallest absolute Gasteiger partial charge is 0.00747 e. The molecule has 0 aromatic heterocycles. The van der Waals surface area contributed by atoms with Crippen LogP contribution < -0.4 is 5.73 Å². The van der Waals surface area contributed by atoms with Gasteiger partial charge in [0.25, 0.3) is 0 Å². The summed E-state index contributed by atoms with van der Waals surface area (Å²) in [6.45, 7) is 5.41. The second-order valence-electron chi connectivity index (χ2n) is 3.53. The van der Waals surface area contributed by atoms with Crippen LogP contribution in [0.4, 0.5) is 0 Å². The van der Waals surface area contributed by atoms with E-state index in [1.54, 1.807) is 0 Å². The average Bonchev–Trinajstić information content (AvgIpc) is 1.99. The second-order valence-corrected chi connectivity index (χ2v) is 3.53. The lowest BCUT2D eigenvalue weighted by molar-refractivity contribution is 0.465. The van der Waals surface area contributed by atoms with Crippen molar-refractivity contribution in [3.63, 3.8) is 0 Å². The van der Waals surface area contributed by atoms with E-state index in [0.29, 0.717) is 0 Å². The molecule has 0 saturated heterocycles. The monoisotopic (exact) mass is 157 g/mol. The molecular formula is C10H23N. The molecule has 1 nitrogen and oxygen atoms in total. The first kappa shape index (κ1) is 11.0. The average molecular weight is 157 g/mol. The van der Waals surface area contributed by atoms with Crippen molar-refractivity contribution in [2.45, 2.75) is 52.4 Å². The van der Waals surface area contributed by atoms with Crippen molar-refractivity contribution in [1.29, 1.82) is 0 Å². The summed E-state index contributed by atoms with van der Waals surface area (Å²) in [5.41, 5.74) is 5.46. The molecule has 0 aliphatic carbocycles.